The Labute approximate surface area is 109 Å². The molecule has 3 heteroatoms. The molecule has 0 spiro atoms. The van der Waals surface area contributed by atoms with Crippen molar-refractivity contribution in [3.63, 3.8) is 0 Å². The second-order valence-electron chi connectivity index (χ2n) is 5.98. The summed E-state index contributed by atoms with van der Waals surface area (Å²) >= 11 is 0. The number of allylic oxidation sites excluding steroid dienone is 2. The van der Waals surface area contributed by atoms with Crippen LogP contribution in [0.4, 0.5) is 0 Å². The van der Waals surface area contributed by atoms with Gasteiger partial charge in [-0.1, -0.05) is 12.2 Å². The van der Waals surface area contributed by atoms with Crippen LogP contribution in [0.3, 0.4) is 0 Å². The molecular formula is C15H23N3. The average molecular weight is 245 g/mol. The van der Waals surface area contributed by atoms with Crippen LogP contribution in [0, 0.1) is 24.7 Å². The Balaban J connectivity index is 1.57. The van der Waals surface area contributed by atoms with Crippen LogP contribution in [-0.2, 0) is 7.05 Å². The van der Waals surface area contributed by atoms with Gasteiger partial charge in [-0.15, -0.1) is 0 Å². The maximum atomic E-state index is 4.32. The maximum Gasteiger partial charge on any atom is 0.0540 e. The Morgan fingerprint density at radius 2 is 2.28 bits per heavy atom. The lowest BCUT2D eigenvalue weighted by atomic mass is 9.93. The molecule has 3 rings (SSSR count). The van der Waals surface area contributed by atoms with Gasteiger partial charge in [0.15, 0.2) is 0 Å². The topological polar surface area (TPSA) is 29.9 Å². The quantitative estimate of drug-likeness (QED) is 0.826. The number of aromatic nitrogens is 2. The number of rotatable bonds is 4. The van der Waals surface area contributed by atoms with Crippen molar-refractivity contribution in [1.82, 2.24) is 15.1 Å². The van der Waals surface area contributed by atoms with Gasteiger partial charge < -0.3 is 5.32 Å². The molecule has 0 amide bonds. The van der Waals surface area contributed by atoms with Gasteiger partial charge in [0, 0.05) is 24.3 Å². The Morgan fingerprint density at radius 1 is 1.44 bits per heavy atom. The van der Waals surface area contributed by atoms with E-state index >= 15 is 0 Å². The second kappa shape index (κ2) is 4.54. The number of nitrogens with one attached hydrogen (secondary N) is 1. The van der Waals surface area contributed by atoms with Crippen LogP contribution in [0.2, 0.25) is 0 Å². The molecule has 3 nitrogen and oxygen atoms in total. The molecule has 1 saturated carbocycles. The van der Waals surface area contributed by atoms with Gasteiger partial charge >= 0.3 is 0 Å². The minimum Gasteiger partial charge on any atom is -0.310 e. The molecule has 18 heavy (non-hydrogen) atoms. The van der Waals surface area contributed by atoms with Crippen molar-refractivity contribution in [2.24, 2.45) is 24.8 Å². The van der Waals surface area contributed by atoms with Crippen molar-refractivity contribution in [2.75, 3.05) is 6.54 Å². The zero-order valence-electron chi connectivity index (χ0n) is 11.6. The van der Waals surface area contributed by atoms with Crippen LogP contribution in [0.15, 0.2) is 18.3 Å². The van der Waals surface area contributed by atoms with Crippen molar-refractivity contribution >= 4 is 0 Å². The molecule has 2 bridgehead atoms. The first kappa shape index (κ1) is 12.0. The fourth-order valence-electron chi connectivity index (χ4n) is 3.51. The first-order valence-corrected chi connectivity index (χ1v) is 7.05. The highest BCUT2D eigenvalue weighted by atomic mass is 15.3. The van der Waals surface area contributed by atoms with E-state index in [1.807, 2.05) is 17.9 Å². The van der Waals surface area contributed by atoms with Gasteiger partial charge in [0.05, 0.1) is 6.20 Å². The predicted octanol–water partition coefficient (Wildman–Crippen LogP) is 2.59. The SMILES string of the molecule is Cc1c(C(C)NCC2CC3C=CC2C3)cnn1C. The van der Waals surface area contributed by atoms with E-state index in [0.29, 0.717) is 6.04 Å². The Morgan fingerprint density at radius 3 is 2.83 bits per heavy atom. The molecule has 1 fully saturated rings. The summed E-state index contributed by atoms with van der Waals surface area (Å²) < 4.78 is 1.95. The van der Waals surface area contributed by atoms with Gasteiger partial charge in [0.2, 0.25) is 0 Å². The average Bonchev–Trinajstić information content (AvgIpc) is 3.04. The van der Waals surface area contributed by atoms with Gasteiger partial charge in [-0.3, -0.25) is 4.68 Å². The number of hydrogen-bond donors (Lipinski definition) is 1. The Hall–Kier alpha value is -1.09. The van der Waals surface area contributed by atoms with Gasteiger partial charge in [-0.25, -0.2) is 0 Å². The minimum absolute atomic E-state index is 0.404. The predicted molar refractivity (Wildman–Crippen MR) is 73.2 cm³/mol. The van der Waals surface area contributed by atoms with Crippen LogP contribution in [0.1, 0.15) is 37.1 Å². The molecule has 4 unspecified atom stereocenters. The fraction of sp³-hybridized carbons (Fsp3) is 0.667. The van der Waals surface area contributed by atoms with Crippen molar-refractivity contribution < 1.29 is 0 Å². The molecule has 0 radical (unpaired) electrons. The lowest BCUT2D eigenvalue weighted by Crippen LogP contribution is -2.28. The van der Waals surface area contributed by atoms with Crippen LogP contribution in [0.5, 0.6) is 0 Å². The van der Waals surface area contributed by atoms with Crippen molar-refractivity contribution in [3.8, 4) is 0 Å². The third-order valence-electron chi connectivity index (χ3n) is 4.84. The van der Waals surface area contributed by atoms with Gasteiger partial charge in [0.25, 0.3) is 0 Å². The van der Waals surface area contributed by atoms with E-state index < -0.39 is 0 Å². The molecule has 2 aliphatic carbocycles. The third kappa shape index (κ3) is 2.01. The summed E-state index contributed by atoms with van der Waals surface area (Å²) in [6, 6.07) is 0.404. The second-order valence-corrected chi connectivity index (χ2v) is 5.98. The van der Waals surface area contributed by atoms with E-state index in [4.69, 9.17) is 0 Å². The molecule has 1 aromatic rings. The largest absolute Gasteiger partial charge is 0.310 e. The summed E-state index contributed by atoms with van der Waals surface area (Å²) in [4.78, 5) is 0. The fourth-order valence-corrected chi connectivity index (χ4v) is 3.51. The summed E-state index contributed by atoms with van der Waals surface area (Å²) in [5.74, 6) is 2.56. The summed E-state index contributed by atoms with van der Waals surface area (Å²) in [7, 11) is 2.01. The summed E-state index contributed by atoms with van der Waals surface area (Å²) in [5, 5.41) is 8.01. The van der Waals surface area contributed by atoms with E-state index in [2.05, 4.69) is 36.4 Å². The molecular weight excluding hydrogens is 222 g/mol. The molecule has 1 heterocycles. The molecule has 98 valence electrons. The summed E-state index contributed by atoms with van der Waals surface area (Å²) in [6.45, 7) is 5.52. The van der Waals surface area contributed by atoms with Crippen LogP contribution < -0.4 is 5.32 Å². The molecule has 0 aliphatic heterocycles. The Kier molecular flexibility index (Phi) is 3.02. The lowest BCUT2D eigenvalue weighted by molar-refractivity contribution is 0.392. The standard InChI is InChI=1S/C15H23N3/c1-10(15-9-17-18(3)11(15)2)16-8-14-7-12-4-5-13(14)6-12/h4-5,9-10,12-14,16H,6-8H2,1-3H3. The minimum atomic E-state index is 0.404. The van der Waals surface area contributed by atoms with Gasteiger partial charge in [0.1, 0.15) is 0 Å². The van der Waals surface area contributed by atoms with E-state index in [1.165, 1.54) is 24.1 Å². The Bertz CT molecular complexity index is 460. The van der Waals surface area contributed by atoms with Crippen molar-refractivity contribution in [2.45, 2.75) is 32.7 Å². The smallest absolute Gasteiger partial charge is 0.0540 e. The monoisotopic (exact) mass is 245 g/mol. The molecule has 4 atom stereocenters. The van der Waals surface area contributed by atoms with E-state index in [-0.39, 0.29) is 0 Å². The first-order chi connectivity index (χ1) is 8.65. The molecule has 0 saturated heterocycles. The van der Waals surface area contributed by atoms with Crippen molar-refractivity contribution in [3.05, 3.63) is 29.6 Å². The van der Waals surface area contributed by atoms with Crippen LogP contribution in [0.25, 0.3) is 0 Å². The molecule has 1 N–H and O–H groups in total. The van der Waals surface area contributed by atoms with Crippen molar-refractivity contribution in [1.29, 1.82) is 0 Å². The maximum absolute atomic E-state index is 4.32. The van der Waals surface area contributed by atoms with E-state index in [0.717, 1.165) is 24.3 Å². The van der Waals surface area contributed by atoms with Gasteiger partial charge in [-0.2, -0.15) is 5.10 Å². The first-order valence-electron chi connectivity index (χ1n) is 7.05. The summed E-state index contributed by atoms with van der Waals surface area (Å²) in [5.41, 5.74) is 2.60. The zero-order valence-corrected chi connectivity index (χ0v) is 11.6. The van der Waals surface area contributed by atoms with E-state index in [9.17, 15) is 0 Å². The summed E-state index contributed by atoms with van der Waals surface area (Å²) in [6.07, 6.45) is 9.61. The normalized spacial score (nSPS) is 31.2. The number of hydrogen-bond acceptors (Lipinski definition) is 2. The molecule has 2 aliphatic rings. The number of aryl methyl sites for hydroxylation is 1. The third-order valence-corrected chi connectivity index (χ3v) is 4.84. The zero-order chi connectivity index (χ0) is 12.7. The molecule has 1 aromatic heterocycles. The van der Waals surface area contributed by atoms with Crippen LogP contribution in [-0.4, -0.2) is 16.3 Å². The van der Waals surface area contributed by atoms with Crippen LogP contribution >= 0.6 is 0 Å². The highest BCUT2D eigenvalue weighted by molar-refractivity contribution is 5.20. The number of nitrogens with zero attached hydrogens (tertiary/aromatic N) is 2. The number of fused-ring (bicyclic) bond motifs is 2. The van der Waals surface area contributed by atoms with Gasteiger partial charge in [-0.05, 0) is 51.0 Å². The highest BCUT2D eigenvalue weighted by Gasteiger charge is 2.35. The van der Waals surface area contributed by atoms with E-state index in [1.54, 1.807) is 0 Å². The lowest BCUT2D eigenvalue weighted by Gasteiger charge is -2.21. The highest BCUT2D eigenvalue weighted by Crippen LogP contribution is 2.43. The molecule has 0 aromatic carbocycles.